The minimum absolute atomic E-state index is 0.517. The fourth-order valence-corrected chi connectivity index (χ4v) is 2.60. The fourth-order valence-electron chi connectivity index (χ4n) is 2.60. The van der Waals surface area contributed by atoms with E-state index in [-0.39, 0.29) is 0 Å². The van der Waals surface area contributed by atoms with Crippen LogP contribution in [0.3, 0.4) is 0 Å². The van der Waals surface area contributed by atoms with E-state index < -0.39 is 0 Å². The molecule has 1 aliphatic carbocycles. The molecule has 1 N–H and O–H groups in total. The number of aryl methyl sites for hydroxylation is 1. The van der Waals surface area contributed by atoms with Gasteiger partial charge in [-0.15, -0.1) is 6.58 Å². The minimum Gasteiger partial charge on any atom is -0.494 e. The average molecular weight is 245 g/mol. The highest BCUT2D eigenvalue weighted by Gasteiger charge is 2.18. The van der Waals surface area contributed by atoms with Crippen molar-refractivity contribution in [3.05, 3.63) is 42.0 Å². The van der Waals surface area contributed by atoms with Gasteiger partial charge in [0.25, 0.3) is 0 Å². The number of hydrogen-bond donors (Lipinski definition) is 1. The first kappa shape index (κ1) is 13.2. The standard InChI is InChI=1S/C16H23NO/c1-3-4-5-11-18-14-9-10-15-13(12-14)7-6-8-16(15)17-2/h3,9-10,12,16-17H,1,4-8,11H2,2H3. The molecule has 0 saturated heterocycles. The van der Waals surface area contributed by atoms with Gasteiger partial charge in [-0.1, -0.05) is 12.1 Å². The smallest absolute Gasteiger partial charge is 0.119 e. The molecule has 0 amide bonds. The van der Waals surface area contributed by atoms with Crippen LogP contribution < -0.4 is 10.1 Å². The van der Waals surface area contributed by atoms with Crippen LogP contribution in [0.1, 0.15) is 42.9 Å². The van der Waals surface area contributed by atoms with E-state index in [2.05, 4.69) is 30.1 Å². The summed E-state index contributed by atoms with van der Waals surface area (Å²) in [5.74, 6) is 1.01. The number of allylic oxidation sites excluding steroid dienone is 1. The maximum atomic E-state index is 5.77. The third-order valence-electron chi connectivity index (χ3n) is 3.60. The summed E-state index contributed by atoms with van der Waals surface area (Å²) in [6.07, 6.45) is 7.68. The van der Waals surface area contributed by atoms with E-state index in [4.69, 9.17) is 4.74 Å². The van der Waals surface area contributed by atoms with Crippen LogP contribution >= 0.6 is 0 Å². The lowest BCUT2D eigenvalue weighted by molar-refractivity contribution is 0.311. The Kier molecular flexibility index (Phi) is 4.82. The molecule has 1 aromatic rings. The molecular formula is C16H23NO. The molecule has 1 aromatic carbocycles. The zero-order valence-electron chi connectivity index (χ0n) is 11.2. The molecule has 1 aliphatic rings. The molecule has 2 nitrogen and oxygen atoms in total. The predicted octanol–water partition coefficient (Wildman–Crippen LogP) is 3.63. The first-order chi connectivity index (χ1) is 8.85. The Labute approximate surface area is 110 Å². The van der Waals surface area contributed by atoms with Crippen molar-refractivity contribution in [3.8, 4) is 5.75 Å². The summed E-state index contributed by atoms with van der Waals surface area (Å²) in [4.78, 5) is 0. The van der Waals surface area contributed by atoms with Crippen LogP contribution in [-0.2, 0) is 6.42 Å². The molecule has 18 heavy (non-hydrogen) atoms. The van der Waals surface area contributed by atoms with E-state index in [0.29, 0.717) is 6.04 Å². The van der Waals surface area contributed by atoms with Crippen molar-refractivity contribution in [1.82, 2.24) is 5.32 Å². The molecule has 0 fully saturated rings. The third-order valence-corrected chi connectivity index (χ3v) is 3.60. The van der Waals surface area contributed by atoms with E-state index in [1.54, 1.807) is 0 Å². The lowest BCUT2D eigenvalue weighted by Crippen LogP contribution is -2.21. The van der Waals surface area contributed by atoms with E-state index in [1.807, 2.05) is 13.1 Å². The minimum atomic E-state index is 0.517. The van der Waals surface area contributed by atoms with Gasteiger partial charge in [0.15, 0.2) is 0 Å². The maximum absolute atomic E-state index is 5.77. The quantitative estimate of drug-likeness (QED) is 0.610. The van der Waals surface area contributed by atoms with Gasteiger partial charge in [0, 0.05) is 6.04 Å². The maximum Gasteiger partial charge on any atom is 0.119 e. The van der Waals surface area contributed by atoms with Crippen LogP contribution in [0.4, 0.5) is 0 Å². The topological polar surface area (TPSA) is 21.3 Å². The molecule has 0 spiro atoms. The fraction of sp³-hybridized carbons (Fsp3) is 0.500. The van der Waals surface area contributed by atoms with Crippen molar-refractivity contribution in [3.63, 3.8) is 0 Å². The number of benzene rings is 1. The Balaban J connectivity index is 2.00. The van der Waals surface area contributed by atoms with Gasteiger partial charge in [0.2, 0.25) is 0 Å². The second-order valence-electron chi connectivity index (χ2n) is 4.87. The first-order valence-electron chi connectivity index (χ1n) is 6.89. The van der Waals surface area contributed by atoms with Gasteiger partial charge in [0.1, 0.15) is 5.75 Å². The molecule has 2 heteroatoms. The van der Waals surface area contributed by atoms with Gasteiger partial charge in [-0.25, -0.2) is 0 Å². The number of ether oxygens (including phenoxy) is 1. The average Bonchev–Trinajstić information content (AvgIpc) is 2.42. The highest BCUT2D eigenvalue weighted by Crippen LogP contribution is 2.31. The SMILES string of the molecule is C=CCCCOc1ccc2c(c1)CCCC2NC. The molecule has 0 saturated carbocycles. The summed E-state index contributed by atoms with van der Waals surface area (Å²) in [5, 5.41) is 3.39. The zero-order chi connectivity index (χ0) is 12.8. The second-order valence-corrected chi connectivity index (χ2v) is 4.87. The Morgan fingerprint density at radius 2 is 2.39 bits per heavy atom. The van der Waals surface area contributed by atoms with E-state index in [0.717, 1.165) is 25.2 Å². The third kappa shape index (κ3) is 3.14. The Hall–Kier alpha value is -1.28. The van der Waals surface area contributed by atoms with Crippen molar-refractivity contribution in [2.75, 3.05) is 13.7 Å². The Morgan fingerprint density at radius 3 is 3.17 bits per heavy atom. The van der Waals surface area contributed by atoms with E-state index in [9.17, 15) is 0 Å². The molecule has 1 unspecified atom stereocenters. The molecule has 1 atom stereocenters. The van der Waals surface area contributed by atoms with E-state index >= 15 is 0 Å². The van der Waals surface area contributed by atoms with Crippen molar-refractivity contribution in [2.24, 2.45) is 0 Å². The predicted molar refractivity (Wildman–Crippen MR) is 76.1 cm³/mol. The van der Waals surface area contributed by atoms with Crippen LogP contribution in [-0.4, -0.2) is 13.7 Å². The number of hydrogen-bond acceptors (Lipinski definition) is 2. The number of unbranched alkanes of at least 4 members (excludes halogenated alkanes) is 1. The van der Waals surface area contributed by atoms with Gasteiger partial charge >= 0.3 is 0 Å². The van der Waals surface area contributed by atoms with Crippen LogP contribution in [0, 0.1) is 0 Å². The Bertz CT molecular complexity index is 400. The normalized spacial score (nSPS) is 18.2. The number of rotatable bonds is 6. The second kappa shape index (κ2) is 6.60. The molecule has 0 heterocycles. The number of fused-ring (bicyclic) bond motifs is 1. The molecule has 0 aliphatic heterocycles. The van der Waals surface area contributed by atoms with Gasteiger partial charge in [0.05, 0.1) is 6.61 Å². The van der Waals surface area contributed by atoms with Gasteiger partial charge < -0.3 is 10.1 Å². The first-order valence-corrected chi connectivity index (χ1v) is 6.89. The largest absolute Gasteiger partial charge is 0.494 e. The molecule has 98 valence electrons. The lowest BCUT2D eigenvalue weighted by atomic mass is 9.87. The Morgan fingerprint density at radius 1 is 1.50 bits per heavy atom. The van der Waals surface area contributed by atoms with Crippen LogP contribution in [0.2, 0.25) is 0 Å². The molecule has 0 bridgehead atoms. The lowest BCUT2D eigenvalue weighted by Gasteiger charge is -2.25. The van der Waals surface area contributed by atoms with Gasteiger partial charge in [-0.3, -0.25) is 0 Å². The van der Waals surface area contributed by atoms with Crippen LogP contribution in [0.25, 0.3) is 0 Å². The summed E-state index contributed by atoms with van der Waals surface area (Å²) in [7, 11) is 2.04. The molecule has 0 aromatic heterocycles. The number of nitrogens with one attached hydrogen (secondary N) is 1. The van der Waals surface area contributed by atoms with Crippen molar-refractivity contribution >= 4 is 0 Å². The van der Waals surface area contributed by atoms with Gasteiger partial charge in [-0.05, 0) is 62.4 Å². The molecular weight excluding hydrogens is 222 g/mol. The van der Waals surface area contributed by atoms with Crippen molar-refractivity contribution in [2.45, 2.75) is 38.1 Å². The van der Waals surface area contributed by atoms with Crippen molar-refractivity contribution < 1.29 is 4.74 Å². The van der Waals surface area contributed by atoms with Crippen LogP contribution in [0.5, 0.6) is 5.75 Å². The summed E-state index contributed by atoms with van der Waals surface area (Å²) in [6.45, 7) is 4.50. The van der Waals surface area contributed by atoms with Gasteiger partial charge in [-0.2, -0.15) is 0 Å². The van der Waals surface area contributed by atoms with E-state index in [1.165, 1.54) is 30.4 Å². The monoisotopic (exact) mass is 245 g/mol. The summed E-state index contributed by atoms with van der Waals surface area (Å²) >= 11 is 0. The summed E-state index contributed by atoms with van der Waals surface area (Å²) < 4.78 is 5.77. The van der Waals surface area contributed by atoms with Crippen molar-refractivity contribution in [1.29, 1.82) is 0 Å². The summed E-state index contributed by atoms with van der Waals surface area (Å²) in [6, 6.07) is 7.05. The summed E-state index contributed by atoms with van der Waals surface area (Å²) in [5.41, 5.74) is 2.89. The molecule has 0 radical (unpaired) electrons. The van der Waals surface area contributed by atoms with Crippen LogP contribution in [0.15, 0.2) is 30.9 Å². The zero-order valence-corrected chi connectivity index (χ0v) is 11.2. The molecule has 2 rings (SSSR count). The highest BCUT2D eigenvalue weighted by molar-refractivity contribution is 5.39. The highest BCUT2D eigenvalue weighted by atomic mass is 16.5.